The van der Waals surface area contributed by atoms with Crippen molar-refractivity contribution in [3.05, 3.63) is 182 Å². The highest BCUT2D eigenvalue weighted by Gasteiger charge is 2.45. The summed E-state index contributed by atoms with van der Waals surface area (Å²) >= 11 is 0. The zero-order valence-corrected chi connectivity index (χ0v) is 29.6. The predicted molar refractivity (Wildman–Crippen MR) is 230 cm³/mol. The number of hydrogen-bond acceptors (Lipinski definition) is 3. The van der Waals surface area contributed by atoms with Gasteiger partial charge in [0, 0.05) is 61.4 Å². The fourth-order valence-electron chi connectivity index (χ4n) is 9.94. The molecule has 5 nitrogen and oxygen atoms in total. The van der Waals surface area contributed by atoms with Gasteiger partial charge in [0.1, 0.15) is 6.33 Å². The minimum absolute atomic E-state index is 0.0561. The zero-order valence-electron chi connectivity index (χ0n) is 29.6. The monoisotopic (exact) mass is 699 g/mol. The van der Waals surface area contributed by atoms with Crippen molar-refractivity contribution < 1.29 is 0 Å². The lowest BCUT2D eigenvalue weighted by Gasteiger charge is -2.44. The number of imidazole rings is 1. The van der Waals surface area contributed by atoms with E-state index in [2.05, 4.69) is 195 Å². The Kier molecular flexibility index (Phi) is 5.65. The van der Waals surface area contributed by atoms with Gasteiger partial charge in [0.2, 0.25) is 0 Å². The molecule has 0 spiro atoms. The van der Waals surface area contributed by atoms with Crippen molar-refractivity contribution in [2.45, 2.75) is 0 Å². The first kappa shape index (κ1) is 29.2. The lowest BCUT2D eigenvalue weighted by Crippen LogP contribution is -2.61. The number of benzene rings is 8. The molecule has 0 bridgehead atoms. The topological polar surface area (TPSA) is 28.7 Å². The molecule has 0 aliphatic carbocycles. The van der Waals surface area contributed by atoms with Crippen molar-refractivity contribution in [3.8, 4) is 5.69 Å². The number of hydrogen-bond donors (Lipinski definition) is 0. The SMILES string of the molecule is c1ccc(N2c3cc4c(cc3B3c5c2cccc5N(c2ccccc2)c2cc5c6ccccc6n6c7ccccc7c(c23)c56)ncn4-c2ccccc2)cc1. The molecule has 0 fully saturated rings. The standard InChI is InChI=1S/C49H30BN5/c1-4-15-31(16-5-1)52-30-51-38-28-37-43(29-44(38)52)53(32-17-6-2-7-18-32)41-25-14-26-42-47(41)50(37)48-45(54(42)33-19-8-3-9-20-33)27-36-34-21-10-12-23-39(34)55-40-24-13-11-22-35(40)46(48)49(36)55/h1-30H. The lowest BCUT2D eigenvalue weighted by atomic mass is 9.33. The molecular formula is C49H30BN5. The highest BCUT2D eigenvalue weighted by molar-refractivity contribution is 7.02. The normalized spacial score (nSPS) is 13.3. The van der Waals surface area contributed by atoms with Crippen LogP contribution in [0.3, 0.4) is 0 Å². The van der Waals surface area contributed by atoms with Gasteiger partial charge in [-0.2, -0.15) is 0 Å². The van der Waals surface area contributed by atoms with E-state index in [1.165, 1.54) is 77.2 Å². The molecule has 3 aromatic heterocycles. The Morgan fingerprint density at radius 1 is 0.418 bits per heavy atom. The van der Waals surface area contributed by atoms with Crippen LogP contribution in [0.4, 0.5) is 34.1 Å². The zero-order chi connectivity index (χ0) is 35.8. The van der Waals surface area contributed by atoms with Crippen LogP contribution in [-0.2, 0) is 0 Å². The van der Waals surface area contributed by atoms with Gasteiger partial charge < -0.3 is 14.2 Å². The molecule has 55 heavy (non-hydrogen) atoms. The van der Waals surface area contributed by atoms with Crippen molar-refractivity contribution in [1.82, 2.24) is 14.0 Å². The third kappa shape index (κ3) is 3.75. The molecule has 0 saturated heterocycles. The molecule has 0 atom stereocenters. The van der Waals surface area contributed by atoms with Crippen LogP contribution in [0, 0.1) is 0 Å². The highest BCUT2D eigenvalue weighted by atomic mass is 15.2. The third-order valence-electron chi connectivity index (χ3n) is 12.1. The smallest absolute Gasteiger partial charge is 0.253 e. The lowest BCUT2D eigenvalue weighted by molar-refractivity contribution is 1.09. The van der Waals surface area contributed by atoms with Crippen molar-refractivity contribution in [1.29, 1.82) is 0 Å². The Morgan fingerprint density at radius 2 is 1.00 bits per heavy atom. The molecule has 0 unspecified atom stereocenters. The molecule has 0 radical (unpaired) electrons. The van der Waals surface area contributed by atoms with Crippen molar-refractivity contribution >= 4 is 106 Å². The van der Waals surface area contributed by atoms with Crippen LogP contribution in [0.1, 0.15) is 0 Å². The van der Waals surface area contributed by atoms with E-state index in [1.54, 1.807) is 0 Å². The summed E-state index contributed by atoms with van der Waals surface area (Å²) in [5.74, 6) is 0. The third-order valence-corrected chi connectivity index (χ3v) is 12.1. The summed E-state index contributed by atoms with van der Waals surface area (Å²) in [6, 6.07) is 64.3. The molecule has 11 aromatic rings. The summed E-state index contributed by atoms with van der Waals surface area (Å²) in [4.78, 5) is 10.1. The Bertz CT molecular complexity index is 3330. The fraction of sp³-hybridized carbons (Fsp3) is 0. The average molecular weight is 700 g/mol. The van der Waals surface area contributed by atoms with Gasteiger partial charge in [-0.1, -0.05) is 97.1 Å². The first-order valence-electron chi connectivity index (χ1n) is 18.9. The van der Waals surface area contributed by atoms with Crippen LogP contribution in [0.25, 0.3) is 54.8 Å². The number of nitrogens with zero attached hydrogens (tertiary/aromatic N) is 5. The van der Waals surface area contributed by atoms with E-state index >= 15 is 0 Å². The van der Waals surface area contributed by atoms with Gasteiger partial charge in [-0.15, -0.1) is 0 Å². The summed E-state index contributed by atoms with van der Waals surface area (Å²) in [7, 11) is 0. The number of aromatic nitrogens is 3. The van der Waals surface area contributed by atoms with Crippen molar-refractivity contribution in [2.75, 3.05) is 9.80 Å². The Morgan fingerprint density at radius 3 is 1.69 bits per heavy atom. The Hall–Kier alpha value is -7.31. The molecule has 0 amide bonds. The van der Waals surface area contributed by atoms with Gasteiger partial charge in [0.05, 0.1) is 27.6 Å². The van der Waals surface area contributed by atoms with Crippen LogP contribution in [0.2, 0.25) is 0 Å². The largest absolute Gasteiger partial charge is 0.311 e. The maximum Gasteiger partial charge on any atom is 0.253 e. The van der Waals surface area contributed by atoms with Crippen LogP contribution >= 0.6 is 0 Å². The van der Waals surface area contributed by atoms with E-state index in [4.69, 9.17) is 4.98 Å². The average Bonchev–Trinajstić information content (AvgIpc) is 3.93. The summed E-state index contributed by atoms with van der Waals surface area (Å²) < 4.78 is 4.73. The van der Waals surface area contributed by atoms with Crippen molar-refractivity contribution in [3.63, 3.8) is 0 Å². The maximum atomic E-state index is 5.08. The molecule has 0 N–H and O–H groups in total. The van der Waals surface area contributed by atoms with Crippen LogP contribution < -0.4 is 26.2 Å². The molecular weight excluding hydrogens is 669 g/mol. The van der Waals surface area contributed by atoms with Crippen LogP contribution in [0.15, 0.2) is 182 Å². The Labute approximate surface area is 317 Å². The number of fused-ring (bicyclic) bond motifs is 12. The summed E-state index contributed by atoms with van der Waals surface area (Å²) in [6.45, 7) is -0.0561. The van der Waals surface area contributed by atoms with Crippen molar-refractivity contribution in [2.24, 2.45) is 0 Å². The van der Waals surface area contributed by atoms with Gasteiger partial charge in [-0.05, 0) is 95.3 Å². The first-order valence-corrected chi connectivity index (χ1v) is 18.9. The van der Waals surface area contributed by atoms with Crippen LogP contribution in [0.5, 0.6) is 0 Å². The molecule has 2 aliphatic heterocycles. The molecule has 6 heteroatoms. The summed E-state index contributed by atoms with van der Waals surface area (Å²) in [6.07, 6.45) is 1.97. The van der Waals surface area contributed by atoms with E-state index < -0.39 is 0 Å². The highest BCUT2D eigenvalue weighted by Crippen LogP contribution is 2.48. The Balaban J connectivity index is 1.23. The minimum Gasteiger partial charge on any atom is -0.311 e. The quantitative estimate of drug-likeness (QED) is 0.172. The molecule has 8 aromatic carbocycles. The fourth-order valence-corrected chi connectivity index (χ4v) is 9.94. The van der Waals surface area contributed by atoms with Gasteiger partial charge in [-0.25, -0.2) is 4.98 Å². The maximum absolute atomic E-state index is 5.08. The van der Waals surface area contributed by atoms with Crippen LogP contribution in [-0.4, -0.2) is 20.7 Å². The van der Waals surface area contributed by atoms with E-state index in [0.29, 0.717) is 0 Å². The molecule has 2 aliphatic rings. The van der Waals surface area contributed by atoms with E-state index in [0.717, 1.165) is 28.1 Å². The second kappa shape index (κ2) is 10.6. The molecule has 254 valence electrons. The molecule has 13 rings (SSSR count). The van der Waals surface area contributed by atoms with E-state index in [1.807, 2.05) is 6.33 Å². The summed E-state index contributed by atoms with van der Waals surface area (Å²) in [5, 5.41) is 5.15. The number of anilines is 6. The molecule has 5 heterocycles. The minimum atomic E-state index is -0.0561. The number of rotatable bonds is 3. The summed E-state index contributed by atoms with van der Waals surface area (Å²) in [5.41, 5.74) is 17.9. The second-order valence-corrected chi connectivity index (χ2v) is 14.8. The van der Waals surface area contributed by atoms with Gasteiger partial charge >= 0.3 is 0 Å². The van der Waals surface area contributed by atoms with Gasteiger partial charge in [0.15, 0.2) is 0 Å². The van der Waals surface area contributed by atoms with Gasteiger partial charge in [0.25, 0.3) is 6.71 Å². The van der Waals surface area contributed by atoms with E-state index in [9.17, 15) is 0 Å². The second-order valence-electron chi connectivity index (χ2n) is 14.8. The van der Waals surface area contributed by atoms with E-state index in [-0.39, 0.29) is 6.71 Å². The number of para-hydroxylation sites is 5. The predicted octanol–water partition coefficient (Wildman–Crippen LogP) is 10.3. The van der Waals surface area contributed by atoms with Gasteiger partial charge in [-0.3, -0.25) is 4.57 Å². The molecule has 0 saturated carbocycles. The first-order chi connectivity index (χ1) is 27.3.